The van der Waals surface area contributed by atoms with E-state index in [-0.39, 0.29) is 17.2 Å². The molecule has 0 saturated carbocycles. The van der Waals surface area contributed by atoms with Crippen molar-refractivity contribution in [1.82, 2.24) is 9.97 Å². The van der Waals surface area contributed by atoms with Crippen molar-refractivity contribution in [2.24, 2.45) is 0 Å². The third kappa shape index (κ3) is 3.42. The lowest BCUT2D eigenvalue weighted by molar-refractivity contribution is 0.103. The Balaban J connectivity index is 1.48. The highest BCUT2D eigenvalue weighted by Gasteiger charge is 2.42. The van der Waals surface area contributed by atoms with E-state index in [2.05, 4.69) is 15.3 Å². The highest BCUT2D eigenvalue weighted by Crippen LogP contribution is 2.48. The number of hydrogen-bond donors (Lipinski definition) is 3. The highest BCUT2D eigenvalue weighted by molar-refractivity contribution is 6.23. The summed E-state index contributed by atoms with van der Waals surface area (Å²) >= 11 is 0. The lowest BCUT2D eigenvalue weighted by Crippen LogP contribution is -2.33. The molecule has 0 saturated heterocycles. The van der Waals surface area contributed by atoms with E-state index in [1.807, 2.05) is 48.5 Å². The number of allylic oxidation sites excluding steroid dienone is 1. The van der Waals surface area contributed by atoms with Gasteiger partial charge in [0.15, 0.2) is 17.3 Å². The van der Waals surface area contributed by atoms with Gasteiger partial charge in [-0.05, 0) is 23.3 Å². The molecule has 1 atom stereocenters. The Hall–Kier alpha value is -4.85. The lowest BCUT2D eigenvalue weighted by Gasteiger charge is -2.27. The fourth-order valence-electron chi connectivity index (χ4n) is 4.90. The molecule has 4 aromatic rings. The molecular formula is C28H21N3O5. The molecule has 0 amide bonds. The van der Waals surface area contributed by atoms with Crippen LogP contribution < -0.4 is 26.0 Å². The van der Waals surface area contributed by atoms with Crippen molar-refractivity contribution >= 4 is 17.3 Å². The number of methoxy groups -OCH3 is 1. The number of ketones is 1. The molecule has 2 heterocycles. The maximum Gasteiger partial charge on any atom is 0.327 e. The number of H-pyrrole nitrogens is 2. The summed E-state index contributed by atoms with van der Waals surface area (Å²) in [5, 5.41) is 3.13. The van der Waals surface area contributed by atoms with Gasteiger partial charge in [0.05, 0.1) is 18.4 Å². The zero-order valence-electron chi connectivity index (χ0n) is 19.3. The second-order valence-corrected chi connectivity index (χ2v) is 8.60. The van der Waals surface area contributed by atoms with E-state index < -0.39 is 17.2 Å². The van der Waals surface area contributed by atoms with Crippen molar-refractivity contribution in [2.45, 2.75) is 12.5 Å². The normalized spacial score (nSPS) is 15.6. The third-order valence-electron chi connectivity index (χ3n) is 6.52. The minimum absolute atomic E-state index is 0.169. The lowest BCUT2D eigenvalue weighted by atomic mass is 9.81. The summed E-state index contributed by atoms with van der Waals surface area (Å²) in [6.07, 6.45) is 0. The molecule has 0 bridgehead atoms. The number of fused-ring (bicyclic) bond motifs is 3. The van der Waals surface area contributed by atoms with Crippen LogP contribution >= 0.6 is 0 Å². The molecule has 0 fully saturated rings. The fourth-order valence-corrected chi connectivity index (χ4v) is 4.90. The van der Waals surface area contributed by atoms with Crippen LogP contribution in [-0.2, 0) is 6.61 Å². The number of nitrogens with one attached hydrogen (secondary N) is 3. The van der Waals surface area contributed by atoms with E-state index in [1.165, 1.54) is 7.11 Å². The van der Waals surface area contributed by atoms with Crippen molar-refractivity contribution in [3.8, 4) is 11.5 Å². The molecule has 2 aliphatic rings. The maximum absolute atomic E-state index is 13.5. The minimum atomic E-state index is -0.728. The van der Waals surface area contributed by atoms with Gasteiger partial charge in [-0.2, -0.15) is 0 Å². The number of rotatable bonds is 5. The number of ether oxygens (including phenoxy) is 2. The highest BCUT2D eigenvalue weighted by atomic mass is 16.5. The number of hydrogen-bond acceptors (Lipinski definition) is 6. The van der Waals surface area contributed by atoms with Gasteiger partial charge in [-0.1, -0.05) is 60.7 Å². The number of aromatic amines is 2. The van der Waals surface area contributed by atoms with Crippen molar-refractivity contribution in [3.63, 3.8) is 0 Å². The monoisotopic (exact) mass is 479 g/mol. The Morgan fingerprint density at radius 1 is 0.833 bits per heavy atom. The Morgan fingerprint density at radius 3 is 2.36 bits per heavy atom. The molecule has 1 aliphatic carbocycles. The smallest absolute Gasteiger partial charge is 0.327 e. The number of anilines is 1. The zero-order valence-corrected chi connectivity index (χ0v) is 19.3. The Kier molecular flexibility index (Phi) is 5.07. The van der Waals surface area contributed by atoms with Crippen molar-refractivity contribution in [2.75, 3.05) is 12.4 Å². The quantitative estimate of drug-likeness (QED) is 0.401. The van der Waals surface area contributed by atoms with Crippen LogP contribution in [0.15, 0.2) is 88.0 Å². The summed E-state index contributed by atoms with van der Waals surface area (Å²) in [5.74, 6) is 0.367. The molecule has 6 rings (SSSR count). The first-order valence-electron chi connectivity index (χ1n) is 11.4. The van der Waals surface area contributed by atoms with Crippen LogP contribution in [0.5, 0.6) is 11.5 Å². The first-order valence-corrected chi connectivity index (χ1v) is 11.4. The summed E-state index contributed by atoms with van der Waals surface area (Å²) in [6, 6.07) is 22.4. The Morgan fingerprint density at radius 2 is 1.58 bits per heavy atom. The van der Waals surface area contributed by atoms with Crippen LogP contribution in [0, 0.1) is 0 Å². The van der Waals surface area contributed by atoms with Crippen LogP contribution in [0.4, 0.5) is 5.82 Å². The molecule has 0 spiro atoms. The second kappa shape index (κ2) is 8.42. The molecule has 178 valence electrons. The van der Waals surface area contributed by atoms with E-state index in [9.17, 15) is 14.4 Å². The molecule has 0 unspecified atom stereocenters. The fraction of sp³-hybridized carbons (Fsp3) is 0.107. The minimum Gasteiger partial charge on any atom is -0.493 e. The van der Waals surface area contributed by atoms with Crippen LogP contribution in [0.2, 0.25) is 0 Å². The molecule has 3 aromatic carbocycles. The number of benzene rings is 3. The average molecular weight is 479 g/mol. The van der Waals surface area contributed by atoms with Crippen LogP contribution in [-0.4, -0.2) is 22.9 Å². The van der Waals surface area contributed by atoms with Gasteiger partial charge < -0.3 is 14.8 Å². The molecular weight excluding hydrogens is 458 g/mol. The van der Waals surface area contributed by atoms with Crippen molar-refractivity contribution in [1.29, 1.82) is 0 Å². The van der Waals surface area contributed by atoms with Gasteiger partial charge in [0.2, 0.25) is 0 Å². The number of carbonyl (C=O) groups is 1. The molecule has 1 aromatic heterocycles. The number of carbonyl (C=O) groups excluding carboxylic acids is 1. The predicted octanol–water partition coefficient (Wildman–Crippen LogP) is 3.82. The van der Waals surface area contributed by atoms with E-state index in [0.717, 1.165) is 11.1 Å². The largest absolute Gasteiger partial charge is 0.493 e. The molecule has 3 N–H and O–H groups in total. The number of Topliss-reactive ketones (excluding diaryl/α,β-unsaturated/α-hetero) is 1. The van der Waals surface area contributed by atoms with Gasteiger partial charge in [-0.25, -0.2) is 4.79 Å². The van der Waals surface area contributed by atoms with Gasteiger partial charge in [0.1, 0.15) is 12.4 Å². The van der Waals surface area contributed by atoms with Gasteiger partial charge in [-0.15, -0.1) is 0 Å². The summed E-state index contributed by atoms with van der Waals surface area (Å²) in [7, 11) is 1.54. The summed E-state index contributed by atoms with van der Waals surface area (Å²) in [6.45, 7) is 0.358. The van der Waals surface area contributed by atoms with Crippen molar-refractivity contribution < 1.29 is 14.3 Å². The molecule has 0 radical (unpaired) electrons. The first kappa shape index (κ1) is 21.7. The number of aromatic nitrogens is 2. The van der Waals surface area contributed by atoms with Gasteiger partial charge >= 0.3 is 5.69 Å². The first-order chi connectivity index (χ1) is 17.5. The predicted molar refractivity (Wildman–Crippen MR) is 135 cm³/mol. The van der Waals surface area contributed by atoms with Crippen LogP contribution in [0.25, 0.3) is 5.70 Å². The van der Waals surface area contributed by atoms with Crippen LogP contribution in [0.3, 0.4) is 0 Å². The Labute approximate surface area is 205 Å². The summed E-state index contributed by atoms with van der Waals surface area (Å²) in [4.78, 5) is 43.6. The average Bonchev–Trinajstić information content (AvgIpc) is 3.18. The van der Waals surface area contributed by atoms with Gasteiger partial charge in [-0.3, -0.25) is 19.6 Å². The second-order valence-electron chi connectivity index (χ2n) is 8.60. The van der Waals surface area contributed by atoms with E-state index in [0.29, 0.717) is 40.5 Å². The molecule has 8 heteroatoms. The summed E-state index contributed by atoms with van der Waals surface area (Å²) < 4.78 is 11.6. The van der Waals surface area contributed by atoms with E-state index >= 15 is 0 Å². The Bertz CT molecular complexity index is 1670. The van der Waals surface area contributed by atoms with Gasteiger partial charge in [0.25, 0.3) is 5.56 Å². The molecule has 36 heavy (non-hydrogen) atoms. The maximum atomic E-state index is 13.5. The SMILES string of the molecule is COc1cc([C@H]2C3=C(Nc4[nH]c(=O)[nH]c(=O)c42)c2ccccc2C3=O)ccc1OCc1ccccc1. The summed E-state index contributed by atoms with van der Waals surface area (Å²) in [5.41, 5.74) is 3.03. The van der Waals surface area contributed by atoms with Gasteiger partial charge in [0, 0.05) is 22.6 Å². The van der Waals surface area contributed by atoms with Crippen molar-refractivity contribution in [3.05, 3.63) is 127 Å². The van der Waals surface area contributed by atoms with E-state index in [1.54, 1.807) is 24.3 Å². The zero-order chi connectivity index (χ0) is 24.8. The molecule has 8 nitrogen and oxygen atoms in total. The van der Waals surface area contributed by atoms with Crippen LogP contribution in [0.1, 0.15) is 38.5 Å². The topological polar surface area (TPSA) is 113 Å². The standard InChI is InChI=1S/C28H21N3O5/c1-35-20-13-16(11-12-19(20)36-14-15-7-3-2-4-8-15)21-22-24(17-9-5-6-10-18(17)25(22)32)29-26-23(21)27(33)31-28(34)30-26/h2-13,21H,14H2,1H3,(H3,29,30,31,33,34)/t21-/m0/s1. The third-order valence-corrected chi connectivity index (χ3v) is 6.52. The van der Waals surface area contributed by atoms with E-state index in [4.69, 9.17) is 9.47 Å². The molecule has 1 aliphatic heterocycles.